The van der Waals surface area contributed by atoms with Crippen LogP contribution in [-0.2, 0) is 11.0 Å². The lowest BCUT2D eigenvalue weighted by atomic mass is 9.65. The lowest BCUT2D eigenvalue weighted by Crippen LogP contribution is -2.51. The highest BCUT2D eigenvalue weighted by Crippen LogP contribution is 2.48. The average Bonchev–Trinajstić information content (AvgIpc) is 3.29. The number of fused-ring (bicyclic) bond motifs is 1. The molecule has 3 aromatic rings. The zero-order valence-corrected chi connectivity index (χ0v) is 22.2. The Kier molecular flexibility index (Phi) is 7.71. The van der Waals surface area contributed by atoms with E-state index < -0.39 is 11.7 Å². The Labute approximate surface area is 228 Å². The highest BCUT2D eigenvalue weighted by atomic mass is 35.5. The molecule has 0 bridgehead atoms. The van der Waals surface area contributed by atoms with E-state index in [1.807, 2.05) is 30.4 Å². The van der Waals surface area contributed by atoms with Crippen molar-refractivity contribution in [2.75, 3.05) is 0 Å². The SMILES string of the molecule is O=C1CC(/C=C/c2ccc(C(F)(F)F)cc2)C2CC(C(c3ccc(Cl)cc3)c3ccc(Cl)s3)CCC2N1. The van der Waals surface area contributed by atoms with Crippen LogP contribution in [0.25, 0.3) is 6.08 Å². The molecule has 0 radical (unpaired) electrons. The minimum absolute atomic E-state index is 0.0154. The summed E-state index contributed by atoms with van der Waals surface area (Å²) in [5.74, 6) is 0.817. The van der Waals surface area contributed by atoms with Crippen LogP contribution in [0, 0.1) is 17.8 Å². The van der Waals surface area contributed by atoms with E-state index in [2.05, 4.69) is 23.5 Å². The third kappa shape index (κ3) is 6.08. The first kappa shape index (κ1) is 26.3. The Morgan fingerprint density at radius 2 is 1.70 bits per heavy atom. The van der Waals surface area contributed by atoms with Crippen LogP contribution >= 0.6 is 34.5 Å². The normalized spacial score (nSPS) is 25.1. The number of alkyl halides is 3. The Morgan fingerprint density at radius 3 is 2.35 bits per heavy atom. The average molecular weight is 564 g/mol. The van der Waals surface area contributed by atoms with Gasteiger partial charge in [-0.2, -0.15) is 13.2 Å². The topological polar surface area (TPSA) is 29.1 Å². The van der Waals surface area contributed by atoms with Crippen molar-refractivity contribution >= 4 is 46.5 Å². The lowest BCUT2D eigenvalue weighted by molar-refractivity contribution is -0.137. The van der Waals surface area contributed by atoms with Crippen LogP contribution in [0.15, 0.2) is 66.7 Å². The number of rotatable bonds is 5. The smallest absolute Gasteiger partial charge is 0.353 e. The number of carbonyl (C=O) groups excluding carboxylic acids is 1. The summed E-state index contributed by atoms with van der Waals surface area (Å²) >= 11 is 14.1. The molecule has 194 valence electrons. The maximum atomic E-state index is 12.9. The molecule has 1 saturated carbocycles. The second-order valence-electron chi connectivity index (χ2n) is 9.93. The minimum Gasteiger partial charge on any atom is -0.353 e. The molecule has 8 heteroatoms. The first-order valence-electron chi connectivity index (χ1n) is 12.3. The molecule has 1 N–H and O–H groups in total. The minimum atomic E-state index is -4.36. The fraction of sp³-hybridized carbons (Fsp3) is 0.345. The molecule has 5 rings (SSSR count). The number of hydrogen-bond donors (Lipinski definition) is 1. The van der Waals surface area contributed by atoms with Gasteiger partial charge in [0.25, 0.3) is 0 Å². The number of amides is 1. The summed E-state index contributed by atoms with van der Waals surface area (Å²) in [6.07, 6.45) is 2.66. The van der Waals surface area contributed by atoms with E-state index in [0.717, 1.165) is 35.7 Å². The van der Waals surface area contributed by atoms with Crippen LogP contribution in [0.3, 0.4) is 0 Å². The van der Waals surface area contributed by atoms with Crippen LogP contribution < -0.4 is 5.32 Å². The molecule has 2 heterocycles. The third-order valence-corrected chi connectivity index (χ3v) is 9.20. The van der Waals surface area contributed by atoms with Gasteiger partial charge in [0.2, 0.25) is 5.91 Å². The molecule has 2 fully saturated rings. The van der Waals surface area contributed by atoms with Gasteiger partial charge in [0.15, 0.2) is 0 Å². The second kappa shape index (κ2) is 10.8. The van der Waals surface area contributed by atoms with Gasteiger partial charge in [0, 0.05) is 28.3 Å². The highest BCUT2D eigenvalue weighted by molar-refractivity contribution is 7.16. The molecule has 37 heavy (non-hydrogen) atoms. The summed E-state index contributed by atoms with van der Waals surface area (Å²) in [4.78, 5) is 13.7. The van der Waals surface area contributed by atoms with Crippen molar-refractivity contribution in [2.24, 2.45) is 17.8 Å². The summed E-state index contributed by atoms with van der Waals surface area (Å²) in [6, 6.07) is 17.3. The zero-order chi connectivity index (χ0) is 26.2. The summed E-state index contributed by atoms with van der Waals surface area (Å²) in [5, 5.41) is 3.88. The van der Waals surface area contributed by atoms with E-state index in [-0.39, 0.29) is 29.7 Å². The van der Waals surface area contributed by atoms with E-state index in [1.54, 1.807) is 11.3 Å². The van der Waals surface area contributed by atoms with Crippen LogP contribution in [0.4, 0.5) is 13.2 Å². The van der Waals surface area contributed by atoms with Crippen molar-refractivity contribution in [3.63, 3.8) is 0 Å². The molecular weight excluding hydrogens is 538 g/mol. The van der Waals surface area contributed by atoms with Crippen molar-refractivity contribution in [2.45, 2.75) is 43.8 Å². The molecule has 1 saturated heterocycles. The van der Waals surface area contributed by atoms with Crippen LogP contribution in [0.2, 0.25) is 9.36 Å². The van der Waals surface area contributed by atoms with Crippen molar-refractivity contribution in [3.8, 4) is 0 Å². The van der Waals surface area contributed by atoms with Crippen LogP contribution in [-0.4, -0.2) is 11.9 Å². The van der Waals surface area contributed by atoms with E-state index in [4.69, 9.17) is 23.2 Å². The van der Waals surface area contributed by atoms with Crippen molar-refractivity contribution < 1.29 is 18.0 Å². The van der Waals surface area contributed by atoms with Gasteiger partial charge in [-0.3, -0.25) is 4.79 Å². The van der Waals surface area contributed by atoms with Crippen molar-refractivity contribution in [3.05, 3.63) is 97.7 Å². The maximum absolute atomic E-state index is 12.9. The highest BCUT2D eigenvalue weighted by Gasteiger charge is 2.42. The molecule has 2 aromatic carbocycles. The molecule has 1 aliphatic heterocycles. The Morgan fingerprint density at radius 1 is 0.973 bits per heavy atom. The van der Waals surface area contributed by atoms with Gasteiger partial charge >= 0.3 is 6.18 Å². The first-order chi connectivity index (χ1) is 17.7. The first-order valence-corrected chi connectivity index (χ1v) is 13.9. The number of hydrogen-bond acceptors (Lipinski definition) is 2. The summed E-state index contributed by atoms with van der Waals surface area (Å²) in [6.45, 7) is 0. The largest absolute Gasteiger partial charge is 0.416 e. The quantitative estimate of drug-likeness (QED) is 0.330. The Bertz CT molecular complexity index is 1270. The van der Waals surface area contributed by atoms with E-state index in [1.165, 1.54) is 22.6 Å². The van der Waals surface area contributed by atoms with Crippen LogP contribution in [0.1, 0.15) is 53.2 Å². The molecule has 1 aliphatic carbocycles. The zero-order valence-electron chi connectivity index (χ0n) is 19.8. The summed E-state index contributed by atoms with van der Waals surface area (Å²) in [7, 11) is 0. The van der Waals surface area contributed by atoms with E-state index in [9.17, 15) is 18.0 Å². The standard InChI is InChI=1S/C29H26Cl2F3NOS/c30-22-10-5-18(6-11-22)28(25-13-14-26(31)37-25)20-7-12-24-23(15-20)19(16-27(36)35-24)4-1-17-2-8-21(9-3-17)29(32,33)34/h1-6,8-11,13-14,19-20,23-24,28H,7,12,15-16H2,(H,35,36)/b4-1+. The van der Waals surface area contributed by atoms with Gasteiger partial charge in [-0.25, -0.2) is 0 Å². The monoisotopic (exact) mass is 563 g/mol. The van der Waals surface area contributed by atoms with Gasteiger partial charge in [-0.1, -0.05) is 59.6 Å². The molecule has 0 spiro atoms. The molecule has 2 nitrogen and oxygen atoms in total. The molecule has 5 atom stereocenters. The molecule has 5 unspecified atom stereocenters. The van der Waals surface area contributed by atoms with Crippen molar-refractivity contribution in [1.82, 2.24) is 5.32 Å². The Hall–Kier alpha value is -2.28. The fourth-order valence-electron chi connectivity index (χ4n) is 5.89. The predicted molar refractivity (Wildman–Crippen MR) is 144 cm³/mol. The van der Waals surface area contributed by atoms with E-state index >= 15 is 0 Å². The van der Waals surface area contributed by atoms with Crippen molar-refractivity contribution in [1.29, 1.82) is 0 Å². The number of piperidine rings is 1. The molecular formula is C29H26Cl2F3NOS. The van der Waals surface area contributed by atoms with E-state index in [0.29, 0.717) is 22.9 Å². The molecule has 2 aliphatic rings. The van der Waals surface area contributed by atoms with Gasteiger partial charge in [-0.05, 0) is 84.5 Å². The number of thiophene rings is 1. The van der Waals surface area contributed by atoms with Gasteiger partial charge in [-0.15, -0.1) is 11.3 Å². The third-order valence-electron chi connectivity index (χ3n) is 7.63. The number of halogens is 5. The summed E-state index contributed by atoms with van der Waals surface area (Å²) in [5.41, 5.74) is 1.22. The Balaban J connectivity index is 1.39. The summed E-state index contributed by atoms with van der Waals surface area (Å²) < 4.78 is 39.5. The fourth-order valence-corrected chi connectivity index (χ4v) is 7.30. The number of carbonyl (C=O) groups is 1. The van der Waals surface area contributed by atoms with Gasteiger partial charge < -0.3 is 5.32 Å². The maximum Gasteiger partial charge on any atom is 0.416 e. The van der Waals surface area contributed by atoms with Gasteiger partial charge in [0.05, 0.1) is 9.90 Å². The lowest BCUT2D eigenvalue weighted by Gasteiger charge is -2.45. The number of allylic oxidation sites excluding steroid dienone is 1. The number of benzene rings is 2. The molecule has 1 amide bonds. The predicted octanol–water partition coefficient (Wildman–Crippen LogP) is 8.84. The number of nitrogens with one attached hydrogen (secondary N) is 1. The molecule has 1 aromatic heterocycles. The van der Waals surface area contributed by atoms with Gasteiger partial charge in [0.1, 0.15) is 0 Å². The second-order valence-corrected chi connectivity index (χ2v) is 12.1. The van der Waals surface area contributed by atoms with Crippen LogP contribution in [0.5, 0.6) is 0 Å².